The largest absolute Gasteiger partial charge is 0.478 e. The van der Waals surface area contributed by atoms with Gasteiger partial charge in [-0.2, -0.15) is 5.10 Å². The van der Waals surface area contributed by atoms with Crippen molar-refractivity contribution in [3.63, 3.8) is 0 Å². The Morgan fingerprint density at radius 2 is 2.24 bits per heavy atom. The van der Waals surface area contributed by atoms with E-state index in [4.69, 9.17) is 5.11 Å². The molecule has 6 heteroatoms. The average molecular weight is 299 g/mol. The maximum atomic E-state index is 13.7. The molecule has 0 spiro atoms. The first-order valence-electron chi connectivity index (χ1n) is 4.71. The van der Waals surface area contributed by atoms with Gasteiger partial charge in [-0.05, 0) is 18.2 Å². The first kappa shape index (κ1) is 11.8. The highest BCUT2D eigenvalue weighted by Crippen LogP contribution is 2.28. The van der Waals surface area contributed by atoms with Crippen LogP contribution < -0.4 is 0 Å². The molecule has 0 radical (unpaired) electrons. The summed E-state index contributed by atoms with van der Waals surface area (Å²) < 4.78 is 15.7. The minimum absolute atomic E-state index is 0.0236. The summed E-state index contributed by atoms with van der Waals surface area (Å²) in [5, 5.41) is 12.9. The highest BCUT2D eigenvalue weighted by molar-refractivity contribution is 9.10. The molecule has 0 aliphatic carbocycles. The van der Waals surface area contributed by atoms with Crippen molar-refractivity contribution in [3.8, 4) is 11.3 Å². The summed E-state index contributed by atoms with van der Waals surface area (Å²) in [5.41, 5.74) is 0.428. The molecule has 17 heavy (non-hydrogen) atoms. The molecule has 0 atom stereocenters. The second-order valence-electron chi connectivity index (χ2n) is 3.46. The van der Waals surface area contributed by atoms with Crippen LogP contribution in [0.5, 0.6) is 0 Å². The Labute approximate surface area is 105 Å². The lowest BCUT2D eigenvalue weighted by Gasteiger charge is -2.06. The van der Waals surface area contributed by atoms with Crippen LogP contribution in [0.2, 0.25) is 0 Å². The fraction of sp³-hybridized carbons (Fsp3) is 0.0909. The van der Waals surface area contributed by atoms with Gasteiger partial charge in [0.1, 0.15) is 11.4 Å². The zero-order valence-corrected chi connectivity index (χ0v) is 10.4. The van der Waals surface area contributed by atoms with Gasteiger partial charge < -0.3 is 5.11 Å². The second kappa shape index (κ2) is 4.29. The Morgan fingerprint density at radius 3 is 2.88 bits per heavy atom. The van der Waals surface area contributed by atoms with Gasteiger partial charge in [0.25, 0.3) is 0 Å². The van der Waals surface area contributed by atoms with Crippen molar-refractivity contribution < 1.29 is 14.3 Å². The molecule has 0 saturated heterocycles. The van der Waals surface area contributed by atoms with Gasteiger partial charge in [0, 0.05) is 17.1 Å². The molecule has 88 valence electrons. The van der Waals surface area contributed by atoms with Crippen LogP contribution >= 0.6 is 15.9 Å². The second-order valence-corrected chi connectivity index (χ2v) is 4.38. The first-order chi connectivity index (χ1) is 8.00. The number of carbonyl (C=O) groups is 1. The van der Waals surface area contributed by atoms with Gasteiger partial charge in [0.2, 0.25) is 0 Å². The molecule has 0 aliphatic rings. The molecule has 1 aromatic carbocycles. The first-order valence-corrected chi connectivity index (χ1v) is 5.50. The highest BCUT2D eigenvalue weighted by atomic mass is 79.9. The number of hydrogen-bond acceptors (Lipinski definition) is 2. The molecule has 2 rings (SSSR count). The number of nitrogens with zero attached hydrogens (tertiary/aromatic N) is 2. The molecule has 1 N–H and O–H groups in total. The molecule has 4 nitrogen and oxygen atoms in total. The predicted octanol–water partition coefficient (Wildman–Crippen LogP) is 2.69. The Balaban J connectivity index is 2.71. The van der Waals surface area contributed by atoms with E-state index in [9.17, 15) is 9.18 Å². The molecule has 0 unspecified atom stereocenters. The molecular formula is C11H8BrFN2O2. The third-order valence-corrected chi connectivity index (χ3v) is 2.85. The molecular weight excluding hydrogens is 291 g/mol. The van der Waals surface area contributed by atoms with Crippen molar-refractivity contribution in [3.05, 3.63) is 40.2 Å². The van der Waals surface area contributed by atoms with Crippen LogP contribution in [0.25, 0.3) is 11.3 Å². The van der Waals surface area contributed by atoms with Crippen molar-refractivity contribution in [1.29, 1.82) is 0 Å². The van der Waals surface area contributed by atoms with Gasteiger partial charge in [-0.3, -0.25) is 4.68 Å². The van der Waals surface area contributed by atoms with Gasteiger partial charge >= 0.3 is 5.97 Å². The Bertz CT molecular complexity index is 595. The molecule has 1 aromatic heterocycles. The molecule has 0 bridgehead atoms. The molecule has 0 amide bonds. The van der Waals surface area contributed by atoms with Gasteiger partial charge in [-0.1, -0.05) is 15.9 Å². The maximum absolute atomic E-state index is 13.7. The smallest absolute Gasteiger partial charge is 0.339 e. The lowest BCUT2D eigenvalue weighted by atomic mass is 10.1. The number of hydrogen-bond donors (Lipinski definition) is 1. The number of rotatable bonds is 2. The zero-order chi connectivity index (χ0) is 12.6. The minimum Gasteiger partial charge on any atom is -0.478 e. The molecule has 0 saturated carbocycles. The average Bonchev–Trinajstić information content (AvgIpc) is 2.64. The standard InChI is InChI=1S/C11H8BrFN2O2/c1-15-10(8(5-14-15)11(16)17)7-4-6(12)2-3-9(7)13/h2-5H,1H3,(H,16,17). The molecule has 0 fully saturated rings. The SMILES string of the molecule is Cn1ncc(C(=O)O)c1-c1cc(Br)ccc1F. The van der Waals surface area contributed by atoms with Crippen LogP contribution in [0.3, 0.4) is 0 Å². The number of aryl methyl sites for hydroxylation is 1. The molecule has 1 heterocycles. The van der Waals surface area contributed by atoms with Crippen LogP contribution in [0.4, 0.5) is 4.39 Å². The number of carboxylic acids is 1. The summed E-state index contributed by atoms with van der Waals surface area (Å²) >= 11 is 3.22. The van der Waals surface area contributed by atoms with Crippen molar-refractivity contribution in [2.24, 2.45) is 7.05 Å². The van der Waals surface area contributed by atoms with Crippen LogP contribution in [0, 0.1) is 5.82 Å². The summed E-state index contributed by atoms with van der Waals surface area (Å²) in [5.74, 6) is -1.62. The van der Waals surface area contributed by atoms with E-state index in [1.54, 1.807) is 13.1 Å². The predicted molar refractivity (Wildman–Crippen MR) is 63.3 cm³/mol. The lowest BCUT2D eigenvalue weighted by molar-refractivity contribution is 0.0697. The third kappa shape index (κ3) is 2.08. The zero-order valence-electron chi connectivity index (χ0n) is 8.82. The number of carboxylic acid groups (broad SMARTS) is 1. The third-order valence-electron chi connectivity index (χ3n) is 2.35. The Morgan fingerprint density at radius 1 is 1.53 bits per heavy atom. The number of aromatic nitrogens is 2. The number of aromatic carboxylic acids is 1. The number of benzene rings is 1. The minimum atomic E-state index is -1.13. The van der Waals surface area contributed by atoms with Gasteiger partial charge in [-0.25, -0.2) is 9.18 Å². The summed E-state index contributed by atoms with van der Waals surface area (Å²) in [7, 11) is 1.57. The molecule has 0 aliphatic heterocycles. The fourth-order valence-electron chi connectivity index (χ4n) is 1.59. The topological polar surface area (TPSA) is 55.1 Å². The summed E-state index contributed by atoms with van der Waals surface area (Å²) in [6.07, 6.45) is 1.21. The van der Waals surface area contributed by atoms with Crippen LogP contribution in [0.1, 0.15) is 10.4 Å². The quantitative estimate of drug-likeness (QED) is 0.927. The summed E-state index contributed by atoms with van der Waals surface area (Å²) in [6.45, 7) is 0. The van der Waals surface area contributed by atoms with Crippen molar-refractivity contribution >= 4 is 21.9 Å². The van der Waals surface area contributed by atoms with Crippen LogP contribution in [-0.4, -0.2) is 20.9 Å². The van der Waals surface area contributed by atoms with Crippen LogP contribution in [0.15, 0.2) is 28.9 Å². The Kier molecular flexibility index (Phi) is 2.97. The summed E-state index contributed by atoms with van der Waals surface area (Å²) in [4.78, 5) is 11.0. The van der Waals surface area contributed by atoms with E-state index in [2.05, 4.69) is 21.0 Å². The van der Waals surface area contributed by atoms with Gasteiger partial charge in [0.15, 0.2) is 0 Å². The summed E-state index contributed by atoms with van der Waals surface area (Å²) in [6, 6.07) is 4.35. The van der Waals surface area contributed by atoms with E-state index in [0.29, 0.717) is 4.47 Å². The van der Waals surface area contributed by atoms with E-state index in [-0.39, 0.29) is 16.8 Å². The van der Waals surface area contributed by atoms with E-state index in [0.717, 1.165) is 0 Å². The van der Waals surface area contributed by atoms with Crippen molar-refractivity contribution in [2.45, 2.75) is 0 Å². The van der Waals surface area contributed by atoms with Crippen molar-refractivity contribution in [2.75, 3.05) is 0 Å². The van der Waals surface area contributed by atoms with E-state index in [1.807, 2.05) is 0 Å². The monoisotopic (exact) mass is 298 g/mol. The van der Waals surface area contributed by atoms with Crippen molar-refractivity contribution in [1.82, 2.24) is 9.78 Å². The van der Waals surface area contributed by atoms with Gasteiger partial charge in [-0.15, -0.1) is 0 Å². The van der Waals surface area contributed by atoms with E-state index in [1.165, 1.54) is 23.0 Å². The fourth-order valence-corrected chi connectivity index (χ4v) is 1.95. The normalized spacial score (nSPS) is 10.5. The van der Waals surface area contributed by atoms with Crippen LogP contribution in [-0.2, 0) is 7.05 Å². The van der Waals surface area contributed by atoms with E-state index >= 15 is 0 Å². The van der Waals surface area contributed by atoms with E-state index < -0.39 is 11.8 Å². The number of halogens is 2. The van der Waals surface area contributed by atoms with Gasteiger partial charge in [0.05, 0.1) is 11.9 Å². The highest BCUT2D eigenvalue weighted by Gasteiger charge is 2.19. The lowest BCUT2D eigenvalue weighted by Crippen LogP contribution is -2.02. The Hall–Kier alpha value is -1.69. The maximum Gasteiger partial charge on any atom is 0.339 e. The molecule has 2 aromatic rings.